The molecule has 1 aliphatic carbocycles. The van der Waals surface area contributed by atoms with Crippen LogP contribution in [0.3, 0.4) is 0 Å². The molecule has 0 spiro atoms. The van der Waals surface area contributed by atoms with E-state index in [-0.39, 0.29) is 23.8 Å². The molecule has 0 radical (unpaired) electrons. The summed E-state index contributed by atoms with van der Waals surface area (Å²) in [6, 6.07) is 16.8. The number of carbonyl (C=O) groups is 1. The molecular formula is C22H26N2O3S. The zero-order valence-corrected chi connectivity index (χ0v) is 17.0. The number of rotatable bonds is 5. The zero-order valence-electron chi connectivity index (χ0n) is 16.2. The molecule has 2 aliphatic rings. The number of amides is 1. The van der Waals surface area contributed by atoms with E-state index in [0.717, 1.165) is 17.5 Å². The Morgan fingerprint density at radius 3 is 2.43 bits per heavy atom. The predicted octanol–water partition coefficient (Wildman–Crippen LogP) is 2.92. The lowest BCUT2D eigenvalue weighted by Gasteiger charge is -2.40. The molecule has 4 rings (SSSR count). The number of sulfonamides is 1. The Hall–Kier alpha value is -2.18. The van der Waals surface area contributed by atoms with Crippen molar-refractivity contribution < 1.29 is 13.2 Å². The highest BCUT2D eigenvalue weighted by Crippen LogP contribution is 2.43. The number of fused-ring (bicyclic) bond motifs is 1. The minimum atomic E-state index is -3.47. The summed E-state index contributed by atoms with van der Waals surface area (Å²) in [5, 5.41) is 3.14. The molecule has 1 saturated heterocycles. The smallest absolute Gasteiger partial charge is 0.243 e. The molecular weight excluding hydrogens is 372 g/mol. The first-order chi connectivity index (χ1) is 13.4. The number of nitrogens with zero attached hydrogens (tertiary/aromatic N) is 1. The average Bonchev–Trinajstić information content (AvgIpc) is 3.04. The number of hydrogen-bond acceptors (Lipinski definition) is 3. The van der Waals surface area contributed by atoms with Crippen molar-refractivity contribution in [3.8, 4) is 0 Å². The van der Waals surface area contributed by atoms with E-state index in [1.165, 1.54) is 0 Å². The van der Waals surface area contributed by atoms with Gasteiger partial charge in [0.15, 0.2) is 0 Å². The second kappa shape index (κ2) is 7.33. The Labute approximate surface area is 166 Å². The van der Waals surface area contributed by atoms with Crippen molar-refractivity contribution in [2.75, 3.05) is 13.1 Å². The monoisotopic (exact) mass is 398 g/mol. The number of carbonyl (C=O) groups excluding carboxylic acids is 1. The highest BCUT2D eigenvalue weighted by atomic mass is 32.2. The zero-order chi connectivity index (χ0) is 19.9. The summed E-state index contributed by atoms with van der Waals surface area (Å²) >= 11 is 0. The van der Waals surface area contributed by atoms with Crippen molar-refractivity contribution in [2.24, 2.45) is 11.8 Å². The Morgan fingerprint density at radius 2 is 1.75 bits per heavy atom. The lowest BCUT2D eigenvalue weighted by Crippen LogP contribution is -2.52. The summed E-state index contributed by atoms with van der Waals surface area (Å²) in [6.45, 7) is 4.87. The van der Waals surface area contributed by atoms with Gasteiger partial charge in [0.1, 0.15) is 0 Å². The van der Waals surface area contributed by atoms with Crippen LogP contribution in [0, 0.1) is 18.8 Å². The van der Waals surface area contributed by atoms with Gasteiger partial charge in [0, 0.05) is 19.1 Å². The maximum absolute atomic E-state index is 12.9. The molecule has 0 aromatic heterocycles. The third-order valence-electron chi connectivity index (χ3n) is 6.21. The minimum absolute atomic E-state index is 0.00879. The van der Waals surface area contributed by atoms with Crippen molar-refractivity contribution in [2.45, 2.75) is 37.1 Å². The fourth-order valence-corrected chi connectivity index (χ4v) is 5.82. The quantitative estimate of drug-likeness (QED) is 0.842. The summed E-state index contributed by atoms with van der Waals surface area (Å²) in [6.07, 6.45) is 0.845. The number of benzene rings is 2. The standard InChI is InChI=1S/C22H26N2O3S/c1-15-8-10-19(11-9-15)28(26,27)24-13-18-12-21(20(18)14-24)23-22(25)16(2)17-6-4-3-5-7-17/h3-11,16,18,20-21H,12-14H2,1-2H3,(H,23,25)/t16?,18-,20+,21+/m1/s1. The molecule has 1 aliphatic heterocycles. The van der Waals surface area contributed by atoms with Gasteiger partial charge in [-0.1, -0.05) is 48.0 Å². The van der Waals surface area contributed by atoms with Crippen molar-refractivity contribution in [3.05, 3.63) is 65.7 Å². The van der Waals surface area contributed by atoms with Crippen LogP contribution in [0.1, 0.15) is 30.4 Å². The van der Waals surface area contributed by atoms with Gasteiger partial charge >= 0.3 is 0 Å². The highest BCUT2D eigenvalue weighted by Gasteiger charge is 2.50. The van der Waals surface area contributed by atoms with E-state index in [1.807, 2.05) is 56.3 Å². The van der Waals surface area contributed by atoms with Crippen molar-refractivity contribution in [1.29, 1.82) is 0 Å². The first-order valence-corrected chi connectivity index (χ1v) is 11.2. The maximum atomic E-state index is 12.9. The normalized spacial score (nSPS) is 25.6. The van der Waals surface area contributed by atoms with Crippen molar-refractivity contribution in [1.82, 2.24) is 9.62 Å². The molecule has 148 valence electrons. The van der Waals surface area contributed by atoms with Gasteiger partial charge in [0.05, 0.1) is 10.8 Å². The summed E-state index contributed by atoms with van der Waals surface area (Å²) < 4.78 is 27.4. The minimum Gasteiger partial charge on any atom is -0.352 e. The number of aryl methyl sites for hydroxylation is 1. The molecule has 4 atom stereocenters. The molecule has 6 heteroatoms. The molecule has 1 N–H and O–H groups in total. The molecule has 28 heavy (non-hydrogen) atoms. The summed E-state index contributed by atoms with van der Waals surface area (Å²) in [5.74, 6) is 0.327. The molecule has 1 saturated carbocycles. The molecule has 2 fully saturated rings. The third-order valence-corrected chi connectivity index (χ3v) is 8.06. The highest BCUT2D eigenvalue weighted by molar-refractivity contribution is 7.89. The van der Waals surface area contributed by atoms with Gasteiger partial charge in [0.25, 0.3) is 0 Å². The molecule has 1 amide bonds. The van der Waals surface area contributed by atoms with E-state index in [4.69, 9.17) is 0 Å². The molecule has 0 bridgehead atoms. The van der Waals surface area contributed by atoms with Crippen LogP contribution in [-0.2, 0) is 14.8 Å². The average molecular weight is 399 g/mol. The number of hydrogen-bond donors (Lipinski definition) is 1. The largest absolute Gasteiger partial charge is 0.352 e. The molecule has 2 aromatic carbocycles. The second-order valence-corrected chi connectivity index (χ2v) is 9.98. The number of nitrogens with one attached hydrogen (secondary N) is 1. The molecule has 5 nitrogen and oxygen atoms in total. The van der Waals surface area contributed by atoms with Gasteiger partial charge in [0.2, 0.25) is 15.9 Å². The van der Waals surface area contributed by atoms with Gasteiger partial charge < -0.3 is 5.32 Å². The van der Waals surface area contributed by atoms with E-state index in [2.05, 4.69) is 5.32 Å². The van der Waals surface area contributed by atoms with Crippen LogP contribution in [-0.4, -0.2) is 37.8 Å². The van der Waals surface area contributed by atoms with Crippen LogP contribution in [0.15, 0.2) is 59.5 Å². The summed E-state index contributed by atoms with van der Waals surface area (Å²) in [7, 11) is -3.47. The van der Waals surface area contributed by atoms with Gasteiger partial charge in [-0.3, -0.25) is 4.79 Å². The van der Waals surface area contributed by atoms with Crippen molar-refractivity contribution in [3.63, 3.8) is 0 Å². The van der Waals surface area contributed by atoms with E-state index in [0.29, 0.717) is 23.9 Å². The maximum Gasteiger partial charge on any atom is 0.243 e. The van der Waals surface area contributed by atoms with E-state index >= 15 is 0 Å². The lowest BCUT2D eigenvalue weighted by molar-refractivity contribution is -0.124. The van der Waals surface area contributed by atoms with Crippen LogP contribution >= 0.6 is 0 Å². The van der Waals surface area contributed by atoms with Crippen molar-refractivity contribution >= 4 is 15.9 Å². The van der Waals surface area contributed by atoms with E-state index in [9.17, 15) is 13.2 Å². The first-order valence-electron chi connectivity index (χ1n) is 9.78. The first kappa shape index (κ1) is 19.2. The summed E-state index contributed by atoms with van der Waals surface area (Å²) in [5.41, 5.74) is 2.03. The van der Waals surface area contributed by atoms with Crippen LogP contribution in [0.2, 0.25) is 0 Å². The van der Waals surface area contributed by atoms with E-state index in [1.54, 1.807) is 16.4 Å². The second-order valence-electron chi connectivity index (χ2n) is 8.04. The van der Waals surface area contributed by atoms with Crippen LogP contribution in [0.5, 0.6) is 0 Å². The molecule has 1 heterocycles. The predicted molar refractivity (Wildman–Crippen MR) is 108 cm³/mol. The van der Waals surface area contributed by atoms with Gasteiger partial charge in [-0.2, -0.15) is 4.31 Å². The Kier molecular flexibility index (Phi) is 5.02. The third kappa shape index (κ3) is 3.47. The Balaban J connectivity index is 1.39. The van der Waals surface area contributed by atoms with E-state index < -0.39 is 10.0 Å². The Bertz CT molecular complexity index is 957. The Morgan fingerprint density at radius 1 is 1.07 bits per heavy atom. The molecule has 1 unspecified atom stereocenters. The fraction of sp³-hybridized carbons (Fsp3) is 0.409. The molecule has 2 aromatic rings. The van der Waals surface area contributed by atoms with Crippen LogP contribution in [0.4, 0.5) is 0 Å². The fourth-order valence-electron chi connectivity index (χ4n) is 4.29. The van der Waals surface area contributed by atoms with Gasteiger partial charge in [-0.25, -0.2) is 8.42 Å². The van der Waals surface area contributed by atoms with Gasteiger partial charge in [-0.15, -0.1) is 0 Å². The topological polar surface area (TPSA) is 66.5 Å². The van der Waals surface area contributed by atoms with Gasteiger partial charge in [-0.05, 0) is 49.8 Å². The summed E-state index contributed by atoms with van der Waals surface area (Å²) in [4.78, 5) is 13.0. The lowest BCUT2D eigenvalue weighted by atomic mass is 9.71. The van der Waals surface area contributed by atoms with Crippen LogP contribution < -0.4 is 5.32 Å². The SMILES string of the molecule is Cc1ccc(S(=O)(=O)N2C[C@H]3C[C@H](NC(=O)C(C)c4ccccc4)[C@H]3C2)cc1. The van der Waals surface area contributed by atoms with Crippen LogP contribution in [0.25, 0.3) is 0 Å².